The molecule has 0 amide bonds. The van der Waals surface area contributed by atoms with Crippen LogP contribution in [0.15, 0.2) is 70.6 Å². The van der Waals surface area contributed by atoms with E-state index in [0.29, 0.717) is 16.5 Å². The van der Waals surface area contributed by atoms with Crippen molar-refractivity contribution in [3.63, 3.8) is 0 Å². The van der Waals surface area contributed by atoms with Crippen LogP contribution >= 0.6 is 34.7 Å². The van der Waals surface area contributed by atoms with Gasteiger partial charge in [-0.3, -0.25) is 4.79 Å². The van der Waals surface area contributed by atoms with Gasteiger partial charge in [0.1, 0.15) is 4.83 Å². The van der Waals surface area contributed by atoms with Crippen LogP contribution in [0.5, 0.6) is 0 Å². The van der Waals surface area contributed by atoms with E-state index < -0.39 is 0 Å². The average molecular weight is 520 g/mol. The highest BCUT2D eigenvalue weighted by atomic mass is 35.5. The van der Waals surface area contributed by atoms with Crippen molar-refractivity contribution in [1.29, 1.82) is 0 Å². The molecule has 3 aromatic heterocycles. The highest BCUT2D eigenvalue weighted by molar-refractivity contribution is 7.99. The molecule has 176 valence electrons. The van der Waals surface area contributed by atoms with Crippen molar-refractivity contribution in [3.05, 3.63) is 92.1 Å². The first-order chi connectivity index (χ1) is 17.1. The van der Waals surface area contributed by atoms with Crippen LogP contribution < -0.4 is 5.56 Å². The largest absolute Gasteiger partial charge is 0.301 e. The van der Waals surface area contributed by atoms with Crippen LogP contribution in [0.2, 0.25) is 5.02 Å². The van der Waals surface area contributed by atoms with Crippen molar-refractivity contribution >= 4 is 56.8 Å². The Morgan fingerprint density at radius 3 is 2.83 bits per heavy atom. The molecule has 2 aromatic carbocycles. The molecule has 0 spiro atoms. The van der Waals surface area contributed by atoms with Crippen molar-refractivity contribution in [2.75, 3.05) is 19.3 Å². The highest BCUT2D eigenvalue weighted by Crippen LogP contribution is 2.35. The molecule has 0 saturated carbocycles. The van der Waals surface area contributed by atoms with Gasteiger partial charge in [-0.15, -0.1) is 21.5 Å². The molecule has 0 N–H and O–H groups in total. The van der Waals surface area contributed by atoms with E-state index in [9.17, 15) is 4.79 Å². The number of halogens is 1. The Bertz CT molecular complexity index is 1640. The number of hydrogen-bond donors (Lipinski definition) is 0. The molecule has 5 aromatic rings. The van der Waals surface area contributed by atoms with Crippen LogP contribution in [0.1, 0.15) is 16.0 Å². The third kappa shape index (κ3) is 4.10. The number of hydrogen-bond acceptors (Lipinski definition) is 6. The molecule has 0 aliphatic carbocycles. The van der Waals surface area contributed by atoms with Crippen LogP contribution in [-0.2, 0) is 13.0 Å². The zero-order chi connectivity index (χ0) is 23.9. The molecule has 1 aliphatic rings. The lowest BCUT2D eigenvalue weighted by Crippen LogP contribution is -2.27. The normalized spacial score (nSPS) is 14.3. The lowest BCUT2D eigenvalue weighted by atomic mass is 10.1. The third-order valence-electron chi connectivity index (χ3n) is 6.15. The standard InChI is InChI=1S/C26H22ClN5OS2/c1-30-13-12-20-21(16-30)35-24-22(20)23(33)31(19-11-5-10-18(27)15-19)25-28-29-26(32(24)25)34-14-6-9-17-7-3-2-4-8-17/h2-11,15H,12-14,16H2,1H3. The Morgan fingerprint density at radius 1 is 1.14 bits per heavy atom. The molecule has 0 fully saturated rings. The number of rotatable bonds is 5. The average Bonchev–Trinajstić information content (AvgIpc) is 3.44. The number of fused-ring (bicyclic) bond motifs is 5. The Morgan fingerprint density at radius 2 is 2.00 bits per heavy atom. The molecule has 1 aliphatic heterocycles. The minimum atomic E-state index is -0.0651. The van der Waals surface area contributed by atoms with Crippen molar-refractivity contribution in [3.8, 4) is 5.69 Å². The minimum absolute atomic E-state index is 0.0651. The van der Waals surface area contributed by atoms with Crippen molar-refractivity contribution < 1.29 is 0 Å². The molecular formula is C26H22ClN5OS2. The second-order valence-corrected chi connectivity index (χ2v) is 11.0. The number of nitrogens with zero attached hydrogens (tertiary/aromatic N) is 5. The lowest BCUT2D eigenvalue weighted by Gasteiger charge is -2.21. The molecule has 0 saturated heterocycles. The monoisotopic (exact) mass is 519 g/mol. The van der Waals surface area contributed by atoms with Crippen LogP contribution in [-0.4, -0.2) is 43.4 Å². The lowest BCUT2D eigenvalue weighted by molar-refractivity contribution is 0.318. The Kier molecular flexibility index (Phi) is 5.98. The Labute approximate surface area is 215 Å². The molecule has 0 radical (unpaired) electrons. The maximum atomic E-state index is 13.9. The summed E-state index contributed by atoms with van der Waals surface area (Å²) in [6.07, 6.45) is 5.08. The number of likely N-dealkylation sites (N-methyl/N-ethyl adjacent to an activating group) is 1. The topological polar surface area (TPSA) is 55.4 Å². The van der Waals surface area contributed by atoms with Gasteiger partial charge >= 0.3 is 0 Å². The second kappa shape index (κ2) is 9.28. The first-order valence-corrected chi connectivity index (χ1v) is 13.5. The molecule has 0 bridgehead atoms. The Balaban J connectivity index is 1.51. The molecule has 4 heterocycles. The zero-order valence-corrected chi connectivity index (χ0v) is 21.4. The fourth-order valence-corrected chi connectivity index (χ4v) is 6.90. The van der Waals surface area contributed by atoms with E-state index in [1.165, 1.54) is 4.88 Å². The number of benzene rings is 2. The summed E-state index contributed by atoms with van der Waals surface area (Å²) in [4.78, 5) is 18.4. The van der Waals surface area contributed by atoms with E-state index >= 15 is 0 Å². The van der Waals surface area contributed by atoms with Gasteiger partial charge in [-0.1, -0.05) is 71.9 Å². The number of aromatic nitrogens is 4. The fourth-order valence-electron chi connectivity index (χ4n) is 4.49. The summed E-state index contributed by atoms with van der Waals surface area (Å²) in [7, 11) is 2.12. The van der Waals surface area contributed by atoms with Gasteiger partial charge in [0.2, 0.25) is 5.78 Å². The number of thiophene rings is 1. The smallest absolute Gasteiger partial charge is 0.268 e. The van der Waals surface area contributed by atoms with E-state index in [0.717, 1.165) is 51.8 Å². The van der Waals surface area contributed by atoms with Gasteiger partial charge in [0.05, 0.1) is 11.1 Å². The second-order valence-electron chi connectivity index (χ2n) is 8.53. The van der Waals surface area contributed by atoms with Gasteiger partial charge in [0.25, 0.3) is 5.56 Å². The predicted molar refractivity (Wildman–Crippen MR) is 145 cm³/mol. The van der Waals surface area contributed by atoms with Crippen LogP contribution in [0.3, 0.4) is 0 Å². The zero-order valence-electron chi connectivity index (χ0n) is 19.0. The van der Waals surface area contributed by atoms with Crippen molar-refractivity contribution in [2.45, 2.75) is 18.1 Å². The van der Waals surface area contributed by atoms with Crippen LogP contribution in [0.25, 0.3) is 27.8 Å². The molecule has 0 unspecified atom stereocenters. The highest BCUT2D eigenvalue weighted by Gasteiger charge is 2.26. The van der Waals surface area contributed by atoms with Crippen LogP contribution in [0.4, 0.5) is 0 Å². The first-order valence-electron chi connectivity index (χ1n) is 11.3. The fraction of sp³-hybridized carbons (Fsp3) is 0.192. The maximum absolute atomic E-state index is 13.9. The van der Waals surface area contributed by atoms with E-state index in [2.05, 4.69) is 46.4 Å². The summed E-state index contributed by atoms with van der Waals surface area (Å²) < 4.78 is 3.69. The van der Waals surface area contributed by atoms with E-state index in [4.69, 9.17) is 11.6 Å². The van der Waals surface area contributed by atoms with E-state index in [1.54, 1.807) is 39.8 Å². The molecular weight excluding hydrogens is 498 g/mol. The van der Waals surface area contributed by atoms with Gasteiger partial charge in [0, 0.05) is 28.7 Å². The summed E-state index contributed by atoms with van der Waals surface area (Å²) in [5.74, 6) is 1.24. The summed E-state index contributed by atoms with van der Waals surface area (Å²) in [6.45, 7) is 1.78. The third-order valence-corrected chi connectivity index (χ3v) is 8.47. The molecule has 0 atom stereocenters. The van der Waals surface area contributed by atoms with Gasteiger partial charge in [0.15, 0.2) is 5.16 Å². The Hall–Kier alpha value is -2.91. The van der Waals surface area contributed by atoms with Gasteiger partial charge in [-0.25, -0.2) is 8.97 Å². The molecule has 35 heavy (non-hydrogen) atoms. The first kappa shape index (κ1) is 22.5. The quantitative estimate of drug-likeness (QED) is 0.285. The summed E-state index contributed by atoms with van der Waals surface area (Å²) in [5, 5.41) is 11.1. The van der Waals surface area contributed by atoms with Gasteiger partial charge in [-0.05, 0) is 42.8 Å². The SMILES string of the molecule is CN1CCc2c(sc3c2c(=O)n(-c2cccc(Cl)c2)c2nnc(SCC=Cc4ccccc4)n32)C1. The van der Waals surface area contributed by atoms with Gasteiger partial charge < -0.3 is 4.90 Å². The van der Waals surface area contributed by atoms with Crippen molar-refractivity contribution in [1.82, 2.24) is 24.1 Å². The van der Waals surface area contributed by atoms with E-state index in [-0.39, 0.29) is 5.56 Å². The minimum Gasteiger partial charge on any atom is -0.301 e. The summed E-state index contributed by atoms with van der Waals surface area (Å²) >= 11 is 9.58. The van der Waals surface area contributed by atoms with Crippen LogP contribution in [0, 0.1) is 0 Å². The maximum Gasteiger partial charge on any atom is 0.268 e. The summed E-state index contributed by atoms with van der Waals surface area (Å²) in [5.41, 5.74) is 2.94. The summed E-state index contributed by atoms with van der Waals surface area (Å²) in [6, 6.07) is 17.6. The predicted octanol–water partition coefficient (Wildman–Crippen LogP) is 5.54. The molecule has 6 nitrogen and oxygen atoms in total. The van der Waals surface area contributed by atoms with Gasteiger partial charge in [-0.2, -0.15) is 0 Å². The number of thioether (sulfide) groups is 1. The molecule has 9 heteroatoms. The molecule has 6 rings (SSSR count). The van der Waals surface area contributed by atoms with E-state index in [1.807, 2.05) is 34.7 Å². The van der Waals surface area contributed by atoms with Crippen molar-refractivity contribution in [2.24, 2.45) is 0 Å².